The van der Waals surface area contributed by atoms with Gasteiger partial charge in [-0.2, -0.15) is 0 Å². The molecular formula is C18H26FN. The predicted octanol–water partition coefficient (Wildman–Crippen LogP) is 4.63. The molecule has 0 aromatic heterocycles. The van der Waals surface area contributed by atoms with Crippen molar-refractivity contribution in [1.82, 2.24) is 5.32 Å². The van der Waals surface area contributed by atoms with Gasteiger partial charge in [0.1, 0.15) is 5.82 Å². The van der Waals surface area contributed by atoms with Gasteiger partial charge in [0.05, 0.1) is 0 Å². The van der Waals surface area contributed by atoms with Gasteiger partial charge in [-0.05, 0) is 62.1 Å². The molecule has 1 aromatic rings. The van der Waals surface area contributed by atoms with E-state index in [9.17, 15) is 4.39 Å². The molecule has 1 N–H and O–H groups in total. The fourth-order valence-corrected chi connectivity index (χ4v) is 3.90. The van der Waals surface area contributed by atoms with Crippen LogP contribution in [0.4, 0.5) is 4.39 Å². The van der Waals surface area contributed by atoms with Crippen molar-refractivity contribution in [3.63, 3.8) is 0 Å². The van der Waals surface area contributed by atoms with E-state index in [0.29, 0.717) is 18.0 Å². The molecule has 0 aliphatic heterocycles. The van der Waals surface area contributed by atoms with Gasteiger partial charge >= 0.3 is 0 Å². The Kier molecular flexibility index (Phi) is 4.40. The molecule has 0 unspecified atom stereocenters. The largest absolute Gasteiger partial charge is 0.311 e. The second kappa shape index (κ2) is 6.26. The Balaban J connectivity index is 1.44. The summed E-state index contributed by atoms with van der Waals surface area (Å²) in [4.78, 5) is 0. The number of rotatable bonds is 4. The van der Waals surface area contributed by atoms with Crippen LogP contribution >= 0.6 is 0 Å². The highest BCUT2D eigenvalue weighted by Gasteiger charge is 2.32. The van der Waals surface area contributed by atoms with E-state index in [0.717, 1.165) is 5.92 Å². The molecule has 0 amide bonds. The molecule has 0 bridgehead atoms. The minimum absolute atomic E-state index is 0.131. The van der Waals surface area contributed by atoms with Crippen molar-refractivity contribution in [2.45, 2.75) is 69.9 Å². The highest BCUT2D eigenvalue weighted by Crippen LogP contribution is 2.38. The maximum Gasteiger partial charge on any atom is 0.123 e. The Morgan fingerprint density at radius 3 is 2.35 bits per heavy atom. The molecule has 0 heterocycles. The van der Waals surface area contributed by atoms with Crippen LogP contribution in [0, 0.1) is 11.7 Å². The summed E-state index contributed by atoms with van der Waals surface area (Å²) in [5, 5.41) is 3.82. The normalized spacial score (nSPS) is 28.9. The second-order valence-corrected chi connectivity index (χ2v) is 6.77. The first-order valence-electron chi connectivity index (χ1n) is 8.24. The Hall–Kier alpha value is -0.890. The van der Waals surface area contributed by atoms with Crippen LogP contribution in [-0.4, -0.2) is 12.1 Å². The molecule has 0 saturated heterocycles. The topological polar surface area (TPSA) is 12.0 Å². The highest BCUT2D eigenvalue weighted by atomic mass is 19.1. The van der Waals surface area contributed by atoms with E-state index >= 15 is 0 Å². The molecule has 20 heavy (non-hydrogen) atoms. The van der Waals surface area contributed by atoms with Crippen molar-refractivity contribution >= 4 is 0 Å². The Morgan fingerprint density at radius 1 is 1.05 bits per heavy atom. The number of hydrogen-bond acceptors (Lipinski definition) is 1. The summed E-state index contributed by atoms with van der Waals surface area (Å²) in [7, 11) is 0. The number of benzene rings is 1. The first kappa shape index (κ1) is 14.1. The van der Waals surface area contributed by atoms with Crippen LogP contribution < -0.4 is 5.32 Å². The number of nitrogens with one attached hydrogen (secondary N) is 1. The van der Waals surface area contributed by atoms with E-state index in [1.807, 2.05) is 12.1 Å². The van der Waals surface area contributed by atoms with Gasteiger partial charge in [-0.15, -0.1) is 0 Å². The van der Waals surface area contributed by atoms with Crippen LogP contribution in [0.15, 0.2) is 24.3 Å². The van der Waals surface area contributed by atoms with E-state index in [-0.39, 0.29) is 5.82 Å². The van der Waals surface area contributed by atoms with Gasteiger partial charge < -0.3 is 5.32 Å². The lowest BCUT2D eigenvalue weighted by atomic mass is 9.75. The van der Waals surface area contributed by atoms with Crippen LogP contribution in [0.2, 0.25) is 0 Å². The molecule has 2 aliphatic rings. The zero-order valence-corrected chi connectivity index (χ0v) is 12.4. The van der Waals surface area contributed by atoms with E-state index in [4.69, 9.17) is 0 Å². The first-order chi connectivity index (χ1) is 9.72. The average Bonchev–Trinajstić information content (AvgIpc) is 2.44. The van der Waals surface area contributed by atoms with Crippen molar-refractivity contribution in [2.75, 3.05) is 0 Å². The minimum Gasteiger partial charge on any atom is -0.311 e. The second-order valence-electron chi connectivity index (χ2n) is 6.77. The zero-order chi connectivity index (χ0) is 13.9. The molecule has 110 valence electrons. The Labute approximate surface area is 122 Å². The van der Waals surface area contributed by atoms with Crippen molar-refractivity contribution in [2.24, 2.45) is 5.92 Å². The summed E-state index contributed by atoms with van der Waals surface area (Å²) in [5.41, 5.74) is 1.30. The monoisotopic (exact) mass is 275 g/mol. The van der Waals surface area contributed by atoms with E-state index in [1.165, 1.54) is 50.5 Å². The summed E-state index contributed by atoms with van der Waals surface area (Å²) in [6, 6.07) is 8.39. The van der Waals surface area contributed by atoms with Gasteiger partial charge in [0.15, 0.2) is 0 Å². The number of halogens is 1. The van der Waals surface area contributed by atoms with Crippen LogP contribution in [0.5, 0.6) is 0 Å². The standard InChI is InChI=1S/C18H26FN/c1-13(14-5-3-2-4-6-14)20-18-11-16(12-18)15-7-9-17(19)10-8-15/h7-10,13-14,16,18,20H,2-6,11-12H2,1H3/t13-,16?,18?/m1/s1. The van der Waals surface area contributed by atoms with Crippen LogP contribution in [-0.2, 0) is 0 Å². The predicted molar refractivity (Wildman–Crippen MR) is 81.3 cm³/mol. The SMILES string of the molecule is C[C@@H](NC1CC(c2ccc(F)cc2)C1)C1CCCCC1. The lowest BCUT2D eigenvalue weighted by molar-refractivity contribution is 0.211. The van der Waals surface area contributed by atoms with Crippen LogP contribution in [0.25, 0.3) is 0 Å². The average molecular weight is 275 g/mol. The lowest BCUT2D eigenvalue weighted by Gasteiger charge is -2.40. The molecule has 1 atom stereocenters. The van der Waals surface area contributed by atoms with Crippen molar-refractivity contribution < 1.29 is 4.39 Å². The molecule has 0 radical (unpaired) electrons. The summed E-state index contributed by atoms with van der Waals surface area (Å²) in [6.45, 7) is 2.36. The number of hydrogen-bond donors (Lipinski definition) is 1. The smallest absolute Gasteiger partial charge is 0.123 e. The van der Waals surface area contributed by atoms with E-state index < -0.39 is 0 Å². The summed E-state index contributed by atoms with van der Waals surface area (Å²) in [6.07, 6.45) is 9.49. The fraction of sp³-hybridized carbons (Fsp3) is 0.667. The minimum atomic E-state index is -0.131. The quantitative estimate of drug-likeness (QED) is 0.844. The van der Waals surface area contributed by atoms with Gasteiger partial charge in [0, 0.05) is 12.1 Å². The molecule has 1 aromatic carbocycles. The third-order valence-corrected chi connectivity index (χ3v) is 5.34. The molecule has 2 saturated carbocycles. The summed E-state index contributed by atoms with van der Waals surface area (Å²) < 4.78 is 12.9. The third kappa shape index (κ3) is 3.22. The first-order valence-corrected chi connectivity index (χ1v) is 8.24. The molecule has 2 aliphatic carbocycles. The molecule has 0 spiro atoms. The molecule has 2 heteroatoms. The van der Waals surface area contributed by atoms with Crippen LogP contribution in [0.3, 0.4) is 0 Å². The highest BCUT2D eigenvalue weighted by molar-refractivity contribution is 5.23. The maximum atomic E-state index is 12.9. The molecular weight excluding hydrogens is 249 g/mol. The summed E-state index contributed by atoms with van der Waals surface area (Å²) in [5.74, 6) is 1.38. The van der Waals surface area contributed by atoms with E-state index in [1.54, 1.807) is 12.1 Å². The molecule has 2 fully saturated rings. The third-order valence-electron chi connectivity index (χ3n) is 5.34. The molecule has 3 rings (SSSR count). The van der Waals surface area contributed by atoms with Crippen molar-refractivity contribution in [1.29, 1.82) is 0 Å². The molecule has 1 nitrogen and oxygen atoms in total. The summed E-state index contributed by atoms with van der Waals surface area (Å²) >= 11 is 0. The van der Waals surface area contributed by atoms with Gasteiger partial charge in [0.2, 0.25) is 0 Å². The Morgan fingerprint density at radius 2 is 1.70 bits per heavy atom. The Bertz CT molecular complexity index is 416. The van der Waals surface area contributed by atoms with Gasteiger partial charge in [-0.1, -0.05) is 31.4 Å². The van der Waals surface area contributed by atoms with Crippen LogP contribution in [0.1, 0.15) is 63.4 Å². The zero-order valence-electron chi connectivity index (χ0n) is 12.4. The van der Waals surface area contributed by atoms with Gasteiger partial charge in [0.25, 0.3) is 0 Å². The van der Waals surface area contributed by atoms with Crippen molar-refractivity contribution in [3.05, 3.63) is 35.6 Å². The van der Waals surface area contributed by atoms with Gasteiger partial charge in [-0.3, -0.25) is 0 Å². The maximum absolute atomic E-state index is 12.9. The van der Waals surface area contributed by atoms with Crippen molar-refractivity contribution in [3.8, 4) is 0 Å². The fourth-order valence-electron chi connectivity index (χ4n) is 3.90. The lowest BCUT2D eigenvalue weighted by Crippen LogP contribution is -2.47. The van der Waals surface area contributed by atoms with E-state index in [2.05, 4.69) is 12.2 Å². The van der Waals surface area contributed by atoms with Gasteiger partial charge in [-0.25, -0.2) is 4.39 Å².